The van der Waals surface area contributed by atoms with Crippen molar-refractivity contribution in [3.63, 3.8) is 0 Å². The molecule has 4 aromatic carbocycles. The summed E-state index contributed by atoms with van der Waals surface area (Å²) in [7, 11) is 4.20. The van der Waals surface area contributed by atoms with Crippen molar-refractivity contribution in [2.24, 2.45) is 0 Å². The van der Waals surface area contributed by atoms with Gasteiger partial charge in [0.2, 0.25) is 0 Å². The maximum atomic E-state index is 4.20. The van der Waals surface area contributed by atoms with E-state index in [0.29, 0.717) is 0 Å². The van der Waals surface area contributed by atoms with Crippen LogP contribution in [0.1, 0.15) is 60.3 Å². The van der Waals surface area contributed by atoms with Crippen molar-refractivity contribution in [2.45, 2.75) is 38.0 Å². The Morgan fingerprint density at radius 3 is 1.14 bits per heavy atom. The van der Waals surface area contributed by atoms with Gasteiger partial charge in [-0.3, -0.25) is 0 Å². The van der Waals surface area contributed by atoms with Crippen LogP contribution in [0.25, 0.3) is 0 Å². The number of hydrogen-bond acceptors (Lipinski definition) is 2. The summed E-state index contributed by atoms with van der Waals surface area (Å²) in [5, 5.41) is 0. The minimum atomic E-state index is 0.204. The average Bonchev–Trinajstić information content (AvgIpc) is 3.36. The molecule has 4 aromatic rings. The first-order valence-corrected chi connectivity index (χ1v) is 13.2. The monoisotopic (exact) mass is 529 g/mol. The molecular formula is C31H31ClCuN2. The van der Waals surface area contributed by atoms with Crippen LogP contribution in [0.4, 0.5) is 0 Å². The van der Waals surface area contributed by atoms with Crippen LogP contribution in [-0.4, -0.2) is 9.80 Å². The van der Waals surface area contributed by atoms with Gasteiger partial charge >= 0.3 is 25.2 Å². The molecule has 0 radical (unpaired) electrons. The fourth-order valence-corrected chi connectivity index (χ4v) is 5.12. The van der Waals surface area contributed by atoms with Gasteiger partial charge in [0, 0.05) is 24.2 Å². The van der Waals surface area contributed by atoms with Crippen molar-refractivity contribution < 1.29 is 15.1 Å². The van der Waals surface area contributed by atoms with Gasteiger partial charge in [-0.15, -0.1) is 0 Å². The van der Waals surface area contributed by atoms with Gasteiger partial charge in [-0.2, -0.15) is 0 Å². The topological polar surface area (TPSA) is 6.48 Å². The van der Waals surface area contributed by atoms with Crippen LogP contribution in [0.5, 0.6) is 0 Å². The Morgan fingerprint density at radius 2 is 0.829 bits per heavy atom. The van der Waals surface area contributed by atoms with Gasteiger partial charge in [0.25, 0.3) is 0 Å². The Hall–Kier alpha value is -2.39. The predicted octanol–water partition coefficient (Wildman–Crippen LogP) is 8.42. The minimum absolute atomic E-state index is 0.204. The third-order valence-corrected chi connectivity index (χ3v) is 6.95. The fraction of sp³-hybridized carbons (Fsp3) is 0.194. The molecule has 2 nitrogen and oxygen atoms in total. The molecule has 0 spiro atoms. The predicted molar refractivity (Wildman–Crippen MR) is 142 cm³/mol. The van der Waals surface area contributed by atoms with Crippen LogP contribution in [0.2, 0.25) is 0 Å². The Kier molecular flexibility index (Phi) is 9.20. The normalized spacial score (nSPS) is 20.0. The van der Waals surface area contributed by atoms with Gasteiger partial charge in [0.1, 0.15) is 0 Å². The van der Waals surface area contributed by atoms with E-state index in [9.17, 15) is 0 Å². The summed E-state index contributed by atoms with van der Waals surface area (Å²) in [6.07, 6.45) is 0. The first kappa shape index (κ1) is 25.7. The van der Waals surface area contributed by atoms with Crippen molar-refractivity contribution in [2.75, 3.05) is 0 Å². The quantitative estimate of drug-likeness (QED) is 0.182. The number of benzene rings is 4. The zero-order valence-electron chi connectivity index (χ0n) is 20.0. The number of halogens is 1. The molecule has 0 bridgehead atoms. The second-order valence-electron chi connectivity index (χ2n) is 8.89. The first-order chi connectivity index (χ1) is 17.2. The van der Waals surface area contributed by atoms with Crippen molar-refractivity contribution in [1.29, 1.82) is 0 Å². The molecule has 35 heavy (non-hydrogen) atoms. The van der Waals surface area contributed by atoms with E-state index in [1.54, 1.807) is 0 Å². The third-order valence-electron chi connectivity index (χ3n) is 6.95. The summed E-state index contributed by atoms with van der Waals surface area (Å²) in [5.41, 5.74) is 5.34. The molecule has 4 heteroatoms. The number of nitrogens with zero attached hydrogens (tertiary/aromatic N) is 2. The molecule has 0 aromatic heterocycles. The summed E-state index contributed by atoms with van der Waals surface area (Å²) in [6.45, 7) is 7.02. The van der Waals surface area contributed by atoms with E-state index in [2.05, 4.69) is 177 Å². The second-order valence-corrected chi connectivity index (χ2v) is 8.89. The van der Waals surface area contributed by atoms with E-state index >= 15 is 0 Å². The molecule has 0 unspecified atom stereocenters. The second kappa shape index (κ2) is 12.5. The van der Waals surface area contributed by atoms with Gasteiger partial charge in [-0.05, 0) is 36.1 Å². The number of hydrogen-bond donors (Lipinski definition) is 0. The van der Waals surface area contributed by atoms with Crippen LogP contribution in [0.3, 0.4) is 0 Å². The van der Waals surface area contributed by atoms with E-state index < -0.39 is 0 Å². The standard InChI is InChI=1S/C31H31N2.ClH.Cu/c1-24(26-15-7-3-8-16-26)32-23-33(25(2)27-17-9-4-10-18-27)31(29-21-13-6-14-22-29)30(32)28-19-11-5-12-20-28;;/h3-25,30-31H,1-2H3;1H;/q-1;;+2/p-1/t24-,25-,30+,31+;;/m1../s1. The van der Waals surface area contributed by atoms with E-state index in [1.165, 1.54) is 22.3 Å². The van der Waals surface area contributed by atoms with E-state index in [0.717, 1.165) is 0 Å². The molecular weight excluding hydrogens is 499 g/mol. The van der Waals surface area contributed by atoms with Crippen LogP contribution in [0.15, 0.2) is 121 Å². The summed E-state index contributed by atoms with van der Waals surface area (Å²) < 4.78 is 0. The molecule has 5 rings (SSSR count). The Bertz CT molecular complexity index is 1050. The average molecular weight is 531 g/mol. The molecule has 0 amide bonds. The fourth-order valence-electron chi connectivity index (χ4n) is 5.12. The van der Waals surface area contributed by atoms with Crippen molar-refractivity contribution in [3.05, 3.63) is 150 Å². The summed E-state index contributed by atoms with van der Waals surface area (Å²) in [4.78, 5) is 5.11. The number of rotatable bonds is 6. The molecule has 1 saturated heterocycles. The summed E-state index contributed by atoms with van der Waals surface area (Å²) in [5.74, 6) is 0. The zero-order valence-corrected chi connectivity index (χ0v) is 21.7. The van der Waals surface area contributed by atoms with Gasteiger partial charge in [-0.25, -0.2) is 6.67 Å². The van der Waals surface area contributed by atoms with Gasteiger partial charge in [0.05, 0.1) is 0 Å². The van der Waals surface area contributed by atoms with Gasteiger partial charge < -0.3 is 9.80 Å². The molecule has 1 aliphatic rings. The molecule has 0 saturated carbocycles. The zero-order chi connectivity index (χ0) is 24.6. The van der Waals surface area contributed by atoms with Crippen molar-refractivity contribution in [1.82, 2.24) is 9.80 Å². The van der Waals surface area contributed by atoms with Crippen LogP contribution in [0, 0.1) is 6.67 Å². The van der Waals surface area contributed by atoms with Gasteiger partial charge in [-0.1, -0.05) is 121 Å². The Morgan fingerprint density at radius 1 is 0.543 bits per heavy atom. The Labute approximate surface area is 222 Å². The molecule has 4 atom stereocenters. The molecule has 0 N–H and O–H groups in total. The van der Waals surface area contributed by atoms with Crippen molar-refractivity contribution >= 4 is 10.1 Å². The van der Waals surface area contributed by atoms with Gasteiger partial charge in [0.15, 0.2) is 0 Å². The third kappa shape index (κ3) is 5.72. The van der Waals surface area contributed by atoms with Crippen molar-refractivity contribution in [3.8, 4) is 0 Å². The summed E-state index contributed by atoms with van der Waals surface area (Å²) >= 11 is 3.66. The van der Waals surface area contributed by atoms with E-state index in [1.807, 2.05) is 0 Å². The molecule has 183 valence electrons. The van der Waals surface area contributed by atoms with Crippen LogP contribution < -0.4 is 0 Å². The maximum absolute atomic E-state index is 4.20. The molecule has 1 aliphatic heterocycles. The molecule has 1 heterocycles. The van der Waals surface area contributed by atoms with E-state index in [4.69, 9.17) is 0 Å². The van der Waals surface area contributed by atoms with Crippen LogP contribution in [-0.2, 0) is 15.1 Å². The first-order valence-electron chi connectivity index (χ1n) is 11.9. The summed E-state index contributed by atoms with van der Waals surface area (Å²) in [6, 6.07) is 44.5. The van der Waals surface area contributed by atoms with E-state index in [-0.39, 0.29) is 24.2 Å². The van der Waals surface area contributed by atoms with Crippen LogP contribution >= 0.6 is 10.1 Å². The SMILES string of the molecule is C[C@H](c1ccccc1)N1[CH-]N([C@H](C)c2ccccc2)[C@@H](c2ccccc2)[C@@H]1c1ccccc1.[Cl][Cu+]. The Balaban J connectivity index is 0.00000141. The molecule has 0 aliphatic carbocycles. The molecule has 1 fully saturated rings.